The molecule has 0 saturated heterocycles. The first-order valence-corrected chi connectivity index (χ1v) is 12.6. The van der Waals surface area contributed by atoms with Gasteiger partial charge in [-0.15, -0.1) is 11.3 Å². The zero-order valence-corrected chi connectivity index (χ0v) is 19.9. The minimum absolute atomic E-state index is 0.249. The molecule has 0 bridgehead atoms. The quantitative estimate of drug-likeness (QED) is 0.367. The summed E-state index contributed by atoms with van der Waals surface area (Å²) >= 11 is 3.21. The molecule has 1 atom stereocenters. The molecule has 2 aromatic heterocycles. The van der Waals surface area contributed by atoms with E-state index >= 15 is 0 Å². The normalized spacial score (nSPS) is 11.8. The number of benzene rings is 2. The topological polar surface area (TPSA) is 84.7 Å². The number of amides is 2. The lowest BCUT2D eigenvalue weighted by molar-refractivity contribution is -0.118. The third-order valence-electron chi connectivity index (χ3n) is 5.13. The number of ether oxygens (including phenoxy) is 1. The van der Waals surface area contributed by atoms with E-state index in [1.807, 2.05) is 52.7 Å². The Morgan fingerprint density at radius 2 is 1.91 bits per heavy atom. The molecule has 9 heteroatoms. The monoisotopic (exact) mass is 480 g/mol. The average Bonchev–Trinajstić information content (AvgIpc) is 3.45. The molecule has 0 spiro atoms. The third-order valence-corrected chi connectivity index (χ3v) is 6.54. The lowest BCUT2D eigenvalue weighted by atomic mass is 10.1. The fourth-order valence-electron chi connectivity index (χ4n) is 3.31. The number of nitrogens with zero attached hydrogens (tertiary/aromatic N) is 2. The summed E-state index contributed by atoms with van der Waals surface area (Å²) in [6.07, 6.45) is 6.45. The van der Waals surface area contributed by atoms with Gasteiger partial charge in [0.25, 0.3) is 5.91 Å². The van der Waals surface area contributed by atoms with E-state index in [1.54, 1.807) is 54.5 Å². The molecule has 0 aliphatic heterocycles. The number of nitrogens with one attached hydrogen (secondary N) is 2. The van der Waals surface area contributed by atoms with Gasteiger partial charge in [0.05, 0.1) is 12.8 Å². The van der Waals surface area contributed by atoms with Crippen LogP contribution >= 0.6 is 23.1 Å². The van der Waals surface area contributed by atoms with Gasteiger partial charge in [0, 0.05) is 34.6 Å². The number of rotatable bonds is 9. The maximum atomic E-state index is 13.0. The van der Waals surface area contributed by atoms with Gasteiger partial charge in [-0.2, -0.15) is 11.8 Å². The Balaban J connectivity index is 1.42. The molecule has 0 radical (unpaired) electrons. The van der Waals surface area contributed by atoms with Gasteiger partial charge in [0.2, 0.25) is 5.91 Å². The van der Waals surface area contributed by atoms with Gasteiger partial charge in [-0.25, -0.2) is 4.98 Å². The first-order valence-electron chi connectivity index (χ1n) is 10.3. The van der Waals surface area contributed by atoms with Crippen LogP contribution in [0, 0.1) is 0 Å². The van der Waals surface area contributed by atoms with Crippen molar-refractivity contribution in [3.8, 4) is 17.0 Å². The van der Waals surface area contributed by atoms with Crippen molar-refractivity contribution in [2.75, 3.05) is 24.4 Å². The molecule has 1 unspecified atom stereocenters. The Kier molecular flexibility index (Phi) is 7.31. The average molecular weight is 481 g/mol. The van der Waals surface area contributed by atoms with Crippen molar-refractivity contribution >= 4 is 45.6 Å². The van der Waals surface area contributed by atoms with E-state index in [4.69, 9.17) is 4.74 Å². The molecule has 2 N–H and O–H groups in total. The number of aromatic nitrogens is 2. The number of anilines is 1. The summed E-state index contributed by atoms with van der Waals surface area (Å²) in [5.41, 5.74) is 2.99. The SMILES string of the molecule is COc1ccc(C(=O)NC(CCSC)C(=O)Nc2ccc(-c3cn4ccsc4n3)cc2)cc1. The number of carbonyl (C=O) groups is 2. The molecule has 0 fully saturated rings. The molecule has 0 aliphatic rings. The Bertz CT molecular complexity index is 1200. The van der Waals surface area contributed by atoms with Crippen LogP contribution in [0.3, 0.4) is 0 Å². The van der Waals surface area contributed by atoms with Gasteiger partial charge < -0.3 is 15.4 Å². The number of hydrogen-bond acceptors (Lipinski definition) is 6. The molecule has 7 nitrogen and oxygen atoms in total. The molecule has 0 saturated carbocycles. The van der Waals surface area contributed by atoms with E-state index < -0.39 is 6.04 Å². The zero-order chi connectivity index (χ0) is 23.2. The Morgan fingerprint density at radius 3 is 2.58 bits per heavy atom. The molecule has 2 heterocycles. The van der Waals surface area contributed by atoms with Crippen LogP contribution in [0.1, 0.15) is 16.8 Å². The van der Waals surface area contributed by atoms with Crippen molar-refractivity contribution in [1.82, 2.24) is 14.7 Å². The van der Waals surface area contributed by atoms with Gasteiger partial charge in [0.1, 0.15) is 11.8 Å². The summed E-state index contributed by atoms with van der Waals surface area (Å²) in [4.78, 5) is 31.2. The molecule has 4 rings (SSSR count). The van der Waals surface area contributed by atoms with Crippen molar-refractivity contribution in [3.05, 3.63) is 71.9 Å². The number of thiazole rings is 1. The Morgan fingerprint density at radius 1 is 1.15 bits per heavy atom. The summed E-state index contributed by atoms with van der Waals surface area (Å²) in [6, 6.07) is 13.7. The molecule has 0 aliphatic carbocycles. The lowest BCUT2D eigenvalue weighted by Gasteiger charge is -2.18. The lowest BCUT2D eigenvalue weighted by Crippen LogP contribution is -2.44. The minimum Gasteiger partial charge on any atom is -0.497 e. The predicted molar refractivity (Wildman–Crippen MR) is 134 cm³/mol. The van der Waals surface area contributed by atoms with E-state index in [1.165, 1.54) is 0 Å². The maximum absolute atomic E-state index is 13.0. The molecule has 2 aromatic carbocycles. The highest BCUT2D eigenvalue weighted by molar-refractivity contribution is 7.98. The Hall–Kier alpha value is -3.30. The minimum atomic E-state index is -0.647. The largest absolute Gasteiger partial charge is 0.497 e. The molecular weight excluding hydrogens is 456 g/mol. The van der Waals surface area contributed by atoms with Gasteiger partial charge in [0.15, 0.2) is 4.96 Å². The summed E-state index contributed by atoms with van der Waals surface area (Å²) in [5.74, 6) is 0.870. The van der Waals surface area contributed by atoms with Crippen molar-refractivity contribution in [3.63, 3.8) is 0 Å². The Labute approximate surface area is 200 Å². The van der Waals surface area contributed by atoms with Crippen LogP contribution in [0.5, 0.6) is 5.75 Å². The fourth-order valence-corrected chi connectivity index (χ4v) is 4.48. The first kappa shape index (κ1) is 22.9. The maximum Gasteiger partial charge on any atom is 0.251 e. The summed E-state index contributed by atoms with van der Waals surface area (Å²) in [6.45, 7) is 0. The second-order valence-electron chi connectivity index (χ2n) is 7.32. The summed E-state index contributed by atoms with van der Waals surface area (Å²) < 4.78 is 7.12. The van der Waals surface area contributed by atoms with Crippen LogP contribution in [0.15, 0.2) is 66.3 Å². The number of carbonyl (C=O) groups excluding carboxylic acids is 2. The van der Waals surface area contributed by atoms with Crippen LogP contribution < -0.4 is 15.4 Å². The highest BCUT2D eigenvalue weighted by Gasteiger charge is 2.21. The van der Waals surface area contributed by atoms with Gasteiger partial charge in [-0.1, -0.05) is 12.1 Å². The van der Waals surface area contributed by atoms with Crippen molar-refractivity contribution < 1.29 is 14.3 Å². The highest BCUT2D eigenvalue weighted by atomic mass is 32.2. The summed E-state index contributed by atoms with van der Waals surface area (Å²) in [7, 11) is 1.57. The van der Waals surface area contributed by atoms with Crippen LogP contribution in [0.4, 0.5) is 5.69 Å². The zero-order valence-electron chi connectivity index (χ0n) is 18.3. The van der Waals surface area contributed by atoms with Crippen LogP contribution in [-0.4, -0.2) is 46.4 Å². The first-order chi connectivity index (χ1) is 16.1. The van der Waals surface area contributed by atoms with Gasteiger partial charge in [-0.05, 0) is 54.8 Å². The molecule has 2 amide bonds. The van der Waals surface area contributed by atoms with Gasteiger partial charge >= 0.3 is 0 Å². The number of imidazole rings is 1. The van der Waals surface area contributed by atoms with E-state index in [-0.39, 0.29) is 11.8 Å². The number of methoxy groups -OCH3 is 1. The summed E-state index contributed by atoms with van der Waals surface area (Å²) in [5, 5.41) is 7.77. The number of fused-ring (bicyclic) bond motifs is 1. The fraction of sp³-hybridized carbons (Fsp3) is 0.208. The van der Waals surface area contributed by atoms with E-state index in [0.717, 1.165) is 22.0 Å². The number of thioether (sulfide) groups is 1. The second-order valence-corrected chi connectivity index (χ2v) is 9.18. The van der Waals surface area contributed by atoms with Crippen LogP contribution in [-0.2, 0) is 4.79 Å². The second kappa shape index (κ2) is 10.5. The van der Waals surface area contributed by atoms with Crippen LogP contribution in [0.2, 0.25) is 0 Å². The molecule has 170 valence electrons. The van der Waals surface area contributed by atoms with E-state index in [2.05, 4.69) is 15.6 Å². The van der Waals surface area contributed by atoms with E-state index in [0.29, 0.717) is 23.4 Å². The van der Waals surface area contributed by atoms with Crippen molar-refractivity contribution in [2.45, 2.75) is 12.5 Å². The highest BCUT2D eigenvalue weighted by Crippen LogP contribution is 2.23. The van der Waals surface area contributed by atoms with Crippen molar-refractivity contribution in [1.29, 1.82) is 0 Å². The molecular formula is C24H24N4O3S2. The van der Waals surface area contributed by atoms with Crippen LogP contribution in [0.25, 0.3) is 16.2 Å². The number of hydrogen-bond donors (Lipinski definition) is 2. The smallest absolute Gasteiger partial charge is 0.251 e. The van der Waals surface area contributed by atoms with Gasteiger partial charge in [-0.3, -0.25) is 14.0 Å². The molecule has 4 aromatic rings. The predicted octanol–water partition coefficient (Wildman–Crippen LogP) is 4.56. The van der Waals surface area contributed by atoms with E-state index in [9.17, 15) is 9.59 Å². The molecule has 33 heavy (non-hydrogen) atoms. The van der Waals surface area contributed by atoms with Crippen molar-refractivity contribution in [2.24, 2.45) is 0 Å². The third kappa shape index (κ3) is 5.55. The standard InChI is InChI=1S/C24H24N4O3S2/c1-31-19-9-5-17(6-10-19)22(29)26-20(11-13-32-2)23(30)25-18-7-3-16(4-8-18)21-15-28-12-14-33-24(28)27-21/h3-10,12,14-15,20H,11,13H2,1-2H3,(H,25,30)(H,26,29).